The molecule has 1 aliphatic carbocycles. The molecule has 1 aromatic heterocycles. The number of carbonyl (C=O) groups excluding carboxylic acids is 2. The van der Waals surface area contributed by atoms with Crippen molar-refractivity contribution in [2.45, 2.75) is 18.9 Å². The first-order chi connectivity index (χ1) is 10.7. The lowest BCUT2D eigenvalue weighted by atomic mass is 10.0. The van der Waals surface area contributed by atoms with Crippen LogP contribution in [0.3, 0.4) is 0 Å². The SMILES string of the molecule is O=C(C1CC=CC1)N1CC(n2cc(N3CCNC3=O)cn2)C1. The second-order valence-corrected chi connectivity index (χ2v) is 6.10. The van der Waals surface area contributed by atoms with Gasteiger partial charge in [-0.1, -0.05) is 12.2 Å². The standard InChI is InChI=1S/C15H19N5O2/c21-14(11-3-1-2-4-11)18-8-13(9-18)20-10-12(7-17-20)19-6-5-16-15(19)22/h1-2,7,10-11,13H,3-6,8-9H2,(H,16,22). The third kappa shape index (κ3) is 2.17. The Bertz CT molecular complexity index is 624. The third-order valence-corrected chi connectivity index (χ3v) is 4.66. The summed E-state index contributed by atoms with van der Waals surface area (Å²) in [7, 11) is 0. The lowest BCUT2D eigenvalue weighted by Gasteiger charge is -2.40. The summed E-state index contributed by atoms with van der Waals surface area (Å²) in [6.45, 7) is 2.77. The van der Waals surface area contributed by atoms with Crippen LogP contribution >= 0.6 is 0 Å². The molecular weight excluding hydrogens is 282 g/mol. The number of nitrogens with one attached hydrogen (secondary N) is 1. The highest BCUT2D eigenvalue weighted by atomic mass is 16.2. The fourth-order valence-corrected chi connectivity index (χ4v) is 3.26. The van der Waals surface area contributed by atoms with Crippen LogP contribution in [-0.2, 0) is 4.79 Å². The zero-order chi connectivity index (χ0) is 15.1. The average Bonchev–Trinajstić information content (AvgIpc) is 3.16. The van der Waals surface area contributed by atoms with Crippen LogP contribution in [0.2, 0.25) is 0 Å². The first-order valence-electron chi connectivity index (χ1n) is 7.75. The lowest BCUT2D eigenvalue weighted by Crippen LogP contribution is -2.52. The van der Waals surface area contributed by atoms with Crippen LogP contribution in [0, 0.1) is 5.92 Å². The summed E-state index contributed by atoms with van der Waals surface area (Å²) in [6, 6.07) is 0.149. The van der Waals surface area contributed by atoms with E-state index in [4.69, 9.17) is 0 Å². The quantitative estimate of drug-likeness (QED) is 0.838. The van der Waals surface area contributed by atoms with Gasteiger partial charge in [-0.25, -0.2) is 4.79 Å². The molecule has 0 saturated carbocycles. The van der Waals surface area contributed by atoms with E-state index in [1.54, 1.807) is 11.1 Å². The van der Waals surface area contributed by atoms with Crippen molar-refractivity contribution >= 4 is 17.6 Å². The molecule has 1 N–H and O–H groups in total. The topological polar surface area (TPSA) is 70.5 Å². The zero-order valence-electron chi connectivity index (χ0n) is 12.3. The van der Waals surface area contributed by atoms with Crippen LogP contribution in [0.1, 0.15) is 18.9 Å². The Balaban J connectivity index is 1.36. The molecule has 3 aliphatic rings. The molecular formula is C15H19N5O2. The smallest absolute Gasteiger partial charge is 0.322 e. The average molecular weight is 301 g/mol. The van der Waals surface area contributed by atoms with Crippen LogP contribution in [-0.4, -0.2) is 52.8 Å². The molecule has 2 aliphatic heterocycles. The van der Waals surface area contributed by atoms with Crippen molar-refractivity contribution < 1.29 is 9.59 Å². The Morgan fingerprint density at radius 1 is 1.27 bits per heavy atom. The van der Waals surface area contributed by atoms with Crippen molar-refractivity contribution in [1.29, 1.82) is 0 Å². The van der Waals surface area contributed by atoms with Gasteiger partial charge in [0.05, 0.1) is 17.9 Å². The van der Waals surface area contributed by atoms with E-state index in [0.29, 0.717) is 26.2 Å². The zero-order valence-corrected chi connectivity index (χ0v) is 12.3. The monoisotopic (exact) mass is 301 g/mol. The number of urea groups is 1. The van der Waals surface area contributed by atoms with E-state index >= 15 is 0 Å². The molecule has 4 rings (SSSR count). The number of anilines is 1. The largest absolute Gasteiger partial charge is 0.338 e. The highest BCUT2D eigenvalue weighted by molar-refractivity contribution is 5.93. The lowest BCUT2D eigenvalue weighted by molar-refractivity contribution is -0.141. The number of nitrogens with zero attached hydrogens (tertiary/aromatic N) is 4. The number of rotatable bonds is 3. The predicted octanol–water partition coefficient (Wildman–Crippen LogP) is 0.762. The highest BCUT2D eigenvalue weighted by Crippen LogP contribution is 2.28. The molecule has 7 heteroatoms. The van der Waals surface area contributed by atoms with Gasteiger partial charge in [0.15, 0.2) is 0 Å². The van der Waals surface area contributed by atoms with Gasteiger partial charge in [0.2, 0.25) is 5.91 Å². The number of hydrogen-bond donors (Lipinski definition) is 1. The van der Waals surface area contributed by atoms with E-state index in [-0.39, 0.29) is 23.9 Å². The maximum absolute atomic E-state index is 12.3. The number of hydrogen-bond acceptors (Lipinski definition) is 3. The van der Waals surface area contributed by atoms with Crippen molar-refractivity contribution in [3.05, 3.63) is 24.5 Å². The van der Waals surface area contributed by atoms with E-state index in [1.807, 2.05) is 15.8 Å². The molecule has 22 heavy (non-hydrogen) atoms. The number of aromatic nitrogens is 2. The second-order valence-electron chi connectivity index (χ2n) is 6.10. The molecule has 0 aromatic carbocycles. The van der Waals surface area contributed by atoms with E-state index in [0.717, 1.165) is 18.5 Å². The van der Waals surface area contributed by atoms with Crippen LogP contribution in [0.4, 0.5) is 10.5 Å². The van der Waals surface area contributed by atoms with Crippen molar-refractivity contribution in [2.24, 2.45) is 5.92 Å². The molecule has 116 valence electrons. The summed E-state index contributed by atoms with van der Waals surface area (Å²) < 4.78 is 1.87. The molecule has 3 amide bonds. The van der Waals surface area contributed by atoms with E-state index in [2.05, 4.69) is 22.6 Å². The Hall–Kier alpha value is -2.31. The molecule has 3 heterocycles. The molecule has 0 spiro atoms. The first kappa shape index (κ1) is 13.4. The molecule has 0 radical (unpaired) electrons. The Labute approximate surface area is 128 Å². The van der Waals surface area contributed by atoms with Crippen molar-refractivity contribution in [3.8, 4) is 0 Å². The van der Waals surface area contributed by atoms with Gasteiger partial charge in [-0.05, 0) is 12.8 Å². The molecule has 0 bridgehead atoms. The second kappa shape index (κ2) is 5.15. The van der Waals surface area contributed by atoms with Crippen LogP contribution in [0.5, 0.6) is 0 Å². The number of likely N-dealkylation sites (tertiary alicyclic amines) is 1. The summed E-state index contributed by atoms with van der Waals surface area (Å²) >= 11 is 0. The molecule has 2 fully saturated rings. The fourth-order valence-electron chi connectivity index (χ4n) is 3.26. The van der Waals surface area contributed by atoms with Crippen molar-refractivity contribution in [1.82, 2.24) is 20.0 Å². The number of amides is 3. The maximum atomic E-state index is 12.3. The van der Waals surface area contributed by atoms with Gasteiger partial charge >= 0.3 is 6.03 Å². The summed E-state index contributed by atoms with van der Waals surface area (Å²) in [6.07, 6.45) is 9.53. The minimum Gasteiger partial charge on any atom is -0.338 e. The summed E-state index contributed by atoms with van der Waals surface area (Å²) in [5.41, 5.74) is 0.819. The van der Waals surface area contributed by atoms with Gasteiger partial charge in [0, 0.05) is 38.3 Å². The van der Waals surface area contributed by atoms with Gasteiger partial charge in [-0.3, -0.25) is 14.4 Å². The third-order valence-electron chi connectivity index (χ3n) is 4.66. The number of allylic oxidation sites excluding steroid dienone is 2. The van der Waals surface area contributed by atoms with Crippen LogP contribution in [0.15, 0.2) is 24.5 Å². The fraction of sp³-hybridized carbons (Fsp3) is 0.533. The van der Waals surface area contributed by atoms with Crippen LogP contribution < -0.4 is 10.2 Å². The van der Waals surface area contributed by atoms with Crippen molar-refractivity contribution in [3.63, 3.8) is 0 Å². The van der Waals surface area contributed by atoms with Crippen LogP contribution in [0.25, 0.3) is 0 Å². The van der Waals surface area contributed by atoms with Gasteiger partial charge in [-0.15, -0.1) is 0 Å². The molecule has 1 aromatic rings. The predicted molar refractivity (Wildman–Crippen MR) is 80.5 cm³/mol. The summed E-state index contributed by atoms with van der Waals surface area (Å²) in [4.78, 5) is 27.5. The van der Waals surface area contributed by atoms with Gasteiger partial charge in [-0.2, -0.15) is 5.10 Å². The minimum absolute atomic E-state index is 0.0707. The normalized spacial score (nSPS) is 22.3. The van der Waals surface area contributed by atoms with Gasteiger partial charge < -0.3 is 10.2 Å². The number of carbonyl (C=O) groups is 2. The Morgan fingerprint density at radius 3 is 2.73 bits per heavy atom. The van der Waals surface area contributed by atoms with Gasteiger partial charge in [0.1, 0.15) is 0 Å². The molecule has 0 atom stereocenters. The van der Waals surface area contributed by atoms with Gasteiger partial charge in [0.25, 0.3) is 0 Å². The van der Waals surface area contributed by atoms with E-state index in [1.165, 1.54) is 0 Å². The molecule has 2 saturated heterocycles. The van der Waals surface area contributed by atoms with E-state index in [9.17, 15) is 9.59 Å². The Kier molecular flexibility index (Phi) is 3.13. The molecule has 0 unspecified atom stereocenters. The first-order valence-corrected chi connectivity index (χ1v) is 7.75. The molecule has 7 nitrogen and oxygen atoms in total. The summed E-state index contributed by atoms with van der Waals surface area (Å²) in [5.74, 6) is 0.398. The Morgan fingerprint density at radius 2 is 2.05 bits per heavy atom. The van der Waals surface area contributed by atoms with Crippen molar-refractivity contribution in [2.75, 3.05) is 31.1 Å². The van der Waals surface area contributed by atoms with E-state index < -0.39 is 0 Å². The maximum Gasteiger partial charge on any atom is 0.322 e. The summed E-state index contributed by atoms with van der Waals surface area (Å²) in [5, 5.41) is 7.13. The highest BCUT2D eigenvalue weighted by Gasteiger charge is 2.36. The minimum atomic E-state index is -0.0707.